The van der Waals surface area contributed by atoms with Gasteiger partial charge in [0.1, 0.15) is 0 Å². The average molecular weight is 730 g/mol. The molecule has 3 heterocycles. The molecule has 0 saturated heterocycles. The van der Waals surface area contributed by atoms with E-state index in [1.807, 2.05) is 0 Å². The number of para-hydroxylation sites is 4. The predicted octanol–water partition coefficient (Wildman–Crippen LogP) is 14.3. The Balaban J connectivity index is 1.18. The van der Waals surface area contributed by atoms with Crippen molar-refractivity contribution in [3.05, 3.63) is 211 Å². The number of nitrogens with zero attached hydrogens (tertiary/aromatic N) is 3. The van der Waals surface area contributed by atoms with Gasteiger partial charge >= 0.3 is 0 Å². The molecule has 11 rings (SSSR count). The van der Waals surface area contributed by atoms with Gasteiger partial charge in [0.15, 0.2) is 0 Å². The van der Waals surface area contributed by atoms with Crippen LogP contribution >= 0.6 is 0 Å². The maximum atomic E-state index is 2.44. The first-order chi connectivity index (χ1) is 28.1. The molecule has 0 aliphatic carbocycles. The van der Waals surface area contributed by atoms with E-state index >= 15 is 0 Å². The van der Waals surface area contributed by atoms with Gasteiger partial charge in [0, 0.05) is 38.6 Å². The van der Waals surface area contributed by atoms with E-state index in [0.29, 0.717) is 0 Å². The van der Waals surface area contributed by atoms with Crippen LogP contribution in [0.5, 0.6) is 0 Å². The van der Waals surface area contributed by atoms with Crippen LogP contribution < -0.4 is 0 Å². The molecule has 11 aromatic rings. The topological polar surface area (TPSA) is 14.8 Å². The quantitative estimate of drug-likeness (QED) is 0.162. The Labute approximate surface area is 331 Å². The summed E-state index contributed by atoms with van der Waals surface area (Å²) in [6.07, 6.45) is 0. The minimum absolute atomic E-state index is 1.12. The highest BCUT2D eigenvalue weighted by Crippen LogP contribution is 2.39. The normalized spacial score (nSPS) is 11.7. The molecule has 270 valence electrons. The van der Waals surface area contributed by atoms with Gasteiger partial charge in [0.05, 0.1) is 33.5 Å². The highest BCUT2D eigenvalue weighted by molar-refractivity contribution is 6.10. The lowest BCUT2D eigenvalue weighted by molar-refractivity contribution is 1.09. The first kappa shape index (κ1) is 33.0. The van der Waals surface area contributed by atoms with Crippen molar-refractivity contribution in [3.8, 4) is 50.7 Å². The molecule has 3 heteroatoms. The van der Waals surface area contributed by atoms with Gasteiger partial charge in [-0.05, 0) is 103 Å². The second-order valence-electron chi connectivity index (χ2n) is 15.2. The number of aryl methyl sites for hydroxylation is 2. The Hall–Kier alpha value is -7.36. The highest BCUT2D eigenvalue weighted by Gasteiger charge is 2.19. The molecule has 3 nitrogen and oxygen atoms in total. The molecule has 0 saturated carbocycles. The lowest BCUT2D eigenvalue weighted by Crippen LogP contribution is -2.01. The second kappa shape index (κ2) is 13.1. The molecule has 57 heavy (non-hydrogen) atoms. The summed E-state index contributed by atoms with van der Waals surface area (Å²) >= 11 is 0. The summed E-state index contributed by atoms with van der Waals surface area (Å²) in [6.45, 7) is 4.29. The molecule has 0 unspecified atom stereocenters. The number of aromatic nitrogens is 3. The van der Waals surface area contributed by atoms with Crippen LogP contribution in [0.3, 0.4) is 0 Å². The second-order valence-corrected chi connectivity index (χ2v) is 15.2. The van der Waals surface area contributed by atoms with Crippen molar-refractivity contribution in [3.63, 3.8) is 0 Å². The molecule has 0 N–H and O–H groups in total. The first-order valence-corrected chi connectivity index (χ1v) is 19.7. The number of fused-ring (bicyclic) bond motifs is 6. The lowest BCUT2D eigenvalue weighted by atomic mass is 10.0. The van der Waals surface area contributed by atoms with Crippen molar-refractivity contribution >= 4 is 43.6 Å². The summed E-state index contributed by atoms with van der Waals surface area (Å²) in [7, 11) is 0. The van der Waals surface area contributed by atoms with Crippen LogP contribution in [0.2, 0.25) is 0 Å². The zero-order valence-electron chi connectivity index (χ0n) is 31.9. The average Bonchev–Trinajstić information content (AvgIpc) is 3.95. The fourth-order valence-corrected chi connectivity index (χ4v) is 8.86. The Morgan fingerprint density at radius 2 is 0.649 bits per heavy atom. The van der Waals surface area contributed by atoms with E-state index in [9.17, 15) is 0 Å². The van der Waals surface area contributed by atoms with E-state index in [-0.39, 0.29) is 0 Å². The third-order valence-electron chi connectivity index (χ3n) is 11.6. The molecule has 0 aliphatic rings. The zero-order chi connectivity index (χ0) is 38.0. The molecular weight excluding hydrogens is 691 g/mol. The minimum atomic E-state index is 1.12. The van der Waals surface area contributed by atoms with Gasteiger partial charge in [0.25, 0.3) is 0 Å². The third kappa shape index (κ3) is 5.43. The number of benzene rings is 8. The van der Waals surface area contributed by atoms with Gasteiger partial charge in [-0.25, -0.2) is 0 Å². The van der Waals surface area contributed by atoms with E-state index in [1.54, 1.807) is 0 Å². The Kier molecular flexibility index (Phi) is 7.61. The minimum Gasteiger partial charge on any atom is -0.309 e. The molecule has 8 aromatic carbocycles. The predicted molar refractivity (Wildman–Crippen MR) is 240 cm³/mol. The molecular formula is C54H39N3. The summed E-state index contributed by atoms with van der Waals surface area (Å²) in [4.78, 5) is 0. The van der Waals surface area contributed by atoms with Crippen LogP contribution in [0, 0.1) is 13.8 Å². The van der Waals surface area contributed by atoms with Gasteiger partial charge in [-0.1, -0.05) is 145 Å². The zero-order valence-corrected chi connectivity index (χ0v) is 31.9. The Morgan fingerprint density at radius 1 is 0.263 bits per heavy atom. The maximum Gasteiger partial charge on any atom is 0.0541 e. The number of rotatable bonds is 6. The van der Waals surface area contributed by atoms with Gasteiger partial charge in [-0.15, -0.1) is 0 Å². The lowest BCUT2D eigenvalue weighted by Gasteiger charge is -2.18. The van der Waals surface area contributed by atoms with Gasteiger partial charge < -0.3 is 13.7 Å². The Morgan fingerprint density at radius 3 is 1.07 bits per heavy atom. The smallest absolute Gasteiger partial charge is 0.0541 e. The summed E-state index contributed by atoms with van der Waals surface area (Å²) in [5, 5.41) is 5.00. The van der Waals surface area contributed by atoms with Crippen LogP contribution in [0.15, 0.2) is 200 Å². The highest BCUT2D eigenvalue weighted by atomic mass is 15.0. The van der Waals surface area contributed by atoms with Crippen LogP contribution in [0.4, 0.5) is 0 Å². The molecule has 0 bridgehead atoms. The molecule has 0 atom stereocenters. The van der Waals surface area contributed by atoms with Crippen molar-refractivity contribution in [2.45, 2.75) is 13.8 Å². The van der Waals surface area contributed by atoms with Crippen molar-refractivity contribution in [2.24, 2.45) is 0 Å². The van der Waals surface area contributed by atoms with Crippen LogP contribution in [-0.4, -0.2) is 13.7 Å². The molecule has 0 aliphatic heterocycles. The maximum absolute atomic E-state index is 2.44. The van der Waals surface area contributed by atoms with E-state index < -0.39 is 0 Å². The first-order valence-electron chi connectivity index (χ1n) is 19.7. The molecule has 0 spiro atoms. The summed E-state index contributed by atoms with van der Waals surface area (Å²) in [5.41, 5.74) is 17.6. The van der Waals surface area contributed by atoms with Crippen molar-refractivity contribution in [2.75, 3.05) is 0 Å². The Bertz CT molecular complexity index is 3000. The van der Waals surface area contributed by atoms with Gasteiger partial charge in [0.2, 0.25) is 0 Å². The number of hydrogen-bond donors (Lipinski definition) is 0. The monoisotopic (exact) mass is 729 g/mol. The molecule has 0 fully saturated rings. The fourth-order valence-electron chi connectivity index (χ4n) is 8.86. The van der Waals surface area contributed by atoms with Crippen LogP contribution in [0.1, 0.15) is 11.1 Å². The summed E-state index contributed by atoms with van der Waals surface area (Å²) < 4.78 is 7.29. The van der Waals surface area contributed by atoms with E-state index in [0.717, 1.165) is 39.6 Å². The van der Waals surface area contributed by atoms with Crippen LogP contribution in [-0.2, 0) is 0 Å². The third-order valence-corrected chi connectivity index (χ3v) is 11.6. The summed E-state index contributed by atoms with van der Waals surface area (Å²) in [5.74, 6) is 0. The standard InChI is InChI=1S/C54H39N3/c1-36-22-26-38(27-23-36)49-30-31-50(39-28-24-37(2)25-29-39)55(49)42-13-11-12-40(32-42)41-33-43(56-51-18-7-3-14-45(51)46-15-4-8-19-52(46)56)35-44(34-41)57-53-20-9-5-16-47(53)48-17-6-10-21-54(48)57/h3-35H,1-2H3. The van der Waals surface area contributed by atoms with E-state index in [4.69, 9.17) is 0 Å². The van der Waals surface area contributed by atoms with E-state index in [2.05, 4.69) is 228 Å². The van der Waals surface area contributed by atoms with Crippen molar-refractivity contribution in [1.82, 2.24) is 13.7 Å². The van der Waals surface area contributed by atoms with Gasteiger partial charge in [-0.2, -0.15) is 0 Å². The number of hydrogen-bond acceptors (Lipinski definition) is 0. The van der Waals surface area contributed by atoms with Gasteiger partial charge in [-0.3, -0.25) is 0 Å². The largest absolute Gasteiger partial charge is 0.309 e. The molecule has 0 radical (unpaired) electrons. The van der Waals surface area contributed by atoms with Crippen molar-refractivity contribution in [1.29, 1.82) is 0 Å². The summed E-state index contributed by atoms with van der Waals surface area (Å²) in [6, 6.07) is 73.5. The SMILES string of the molecule is Cc1ccc(-c2ccc(-c3ccc(C)cc3)n2-c2cccc(-c3cc(-n4c5ccccc5c5ccccc54)cc(-n4c5ccccc5c5ccccc54)c3)c2)cc1. The fraction of sp³-hybridized carbons (Fsp3) is 0.0370. The molecule has 3 aromatic heterocycles. The van der Waals surface area contributed by atoms with E-state index in [1.165, 1.54) is 65.9 Å². The molecule has 0 amide bonds. The van der Waals surface area contributed by atoms with Crippen LogP contribution in [0.25, 0.3) is 94.3 Å². The van der Waals surface area contributed by atoms with Crippen molar-refractivity contribution < 1.29 is 0 Å².